The van der Waals surface area contributed by atoms with E-state index in [1.54, 1.807) is 20.8 Å². The van der Waals surface area contributed by atoms with E-state index >= 15 is 0 Å². The first-order valence-electron chi connectivity index (χ1n) is 9.22. The third-order valence-corrected chi connectivity index (χ3v) is 3.68. The first kappa shape index (κ1) is 43.1. The van der Waals surface area contributed by atoms with Gasteiger partial charge < -0.3 is 51.1 Å². The molecule has 12 nitrogen and oxygen atoms in total. The normalized spacial score (nSPS) is 13.4. The number of carbonyl (C=O) groups excluding carboxylic acids is 2. The van der Waals surface area contributed by atoms with Crippen LogP contribution in [0.1, 0.15) is 62.3 Å². The number of carbonyl (C=O) groups is 3. The van der Waals surface area contributed by atoms with Gasteiger partial charge in [-0.15, -0.1) is 0 Å². The minimum absolute atomic E-state index is 0. The molecule has 0 aliphatic heterocycles. The second-order valence-electron chi connectivity index (χ2n) is 9.67. The Kier molecular flexibility index (Phi) is 24.8. The molecule has 3 atom stereocenters. The lowest BCUT2D eigenvalue weighted by Gasteiger charge is -2.23. The average Bonchev–Trinajstić information content (AvgIpc) is 2.52. The first-order valence-corrected chi connectivity index (χ1v) is 9.22. The van der Waals surface area contributed by atoms with Gasteiger partial charge in [0.2, 0.25) is 11.8 Å². The molecule has 0 aromatic rings. The van der Waals surface area contributed by atoms with Crippen LogP contribution in [0.4, 0.5) is 0 Å². The monoisotopic (exact) mass is 458 g/mol. The molecular weight excluding hydrogens is 406 g/mol. The molecule has 0 rings (SSSR count). The molecule has 0 bridgehead atoms. The number of nitrogens with two attached hydrogens (primary N) is 6. The molecule has 0 aliphatic rings. The van der Waals surface area contributed by atoms with E-state index in [2.05, 4.69) is 5.73 Å². The van der Waals surface area contributed by atoms with Crippen LogP contribution in [0, 0.1) is 16.2 Å². The van der Waals surface area contributed by atoms with Crippen molar-refractivity contribution in [3.63, 3.8) is 0 Å². The average molecular weight is 459 g/mol. The molecule has 2 amide bonds. The highest BCUT2D eigenvalue weighted by atomic mass is 16.4. The van der Waals surface area contributed by atoms with Gasteiger partial charge >= 0.3 is 5.97 Å². The van der Waals surface area contributed by atoms with Crippen LogP contribution in [0.3, 0.4) is 0 Å². The van der Waals surface area contributed by atoms with Crippen molar-refractivity contribution in [1.82, 2.24) is 6.15 Å². The summed E-state index contributed by atoms with van der Waals surface area (Å²) < 4.78 is 0. The van der Waals surface area contributed by atoms with E-state index in [1.807, 2.05) is 41.5 Å². The van der Waals surface area contributed by atoms with Crippen LogP contribution in [0.15, 0.2) is 0 Å². The van der Waals surface area contributed by atoms with Crippen LogP contribution < -0.4 is 40.6 Å². The van der Waals surface area contributed by atoms with Crippen molar-refractivity contribution in [3.8, 4) is 0 Å². The lowest BCUT2D eigenvalue weighted by atomic mass is 9.87. The zero-order chi connectivity index (χ0) is 25.0. The minimum Gasteiger partial charge on any atom is -0.480 e. The van der Waals surface area contributed by atoms with Gasteiger partial charge in [0, 0.05) is 0 Å². The van der Waals surface area contributed by atoms with E-state index in [9.17, 15) is 14.4 Å². The summed E-state index contributed by atoms with van der Waals surface area (Å²) in [6.07, 6.45) is 0. The Balaban J connectivity index is -0.0000000703. The number of carboxylic acids is 1. The van der Waals surface area contributed by atoms with Crippen LogP contribution in [0.2, 0.25) is 0 Å². The highest BCUT2D eigenvalue weighted by molar-refractivity contribution is 5.80. The second-order valence-corrected chi connectivity index (χ2v) is 9.67. The van der Waals surface area contributed by atoms with Gasteiger partial charge in [-0.1, -0.05) is 62.3 Å². The number of hydrogen-bond donors (Lipinski definition) is 8. The van der Waals surface area contributed by atoms with Crippen molar-refractivity contribution in [2.45, 2.75) is 80.4 Å². The number of primary amides is 2. The minimum atomic E-state index is -0.942. The molecule has 0 heterocycles. The molecule has 0 spiro atoms. The van der Waals surface area contributed by atoms with E-state index in [0.29, 0.717) is 0 Å². The molecule has 0 aromatic heterocycles. The van der Waals surface area contributed by atoms with Crippen LogP contribution in [0.25, 0.3) is 0 Å². The summed E-state index contributed by atoms with van der Waals surface area (Å²) in [5.74, 6) is -1.83. The molecule has 12 heteroatoms. The molecule has 0 fully saturated rings. The number of quaternary nitrogens is 1. The third-order valence-electron chi connectivity index (χ3n) is 3.68. The molecule has 19 N–H and O–H groups in total. The van der Waals surface area contributed by atoms with Crippen molar-refractivity contribution >= 4 is 17.8 Å². The summed E-state index contributed by atoms with van der Waals surface area (Å²) in [5.41, 5.74) is 29.8. The van der Waals surface area contributed by atoms with E-state index in [-0.39, 0.29) is 27.9 Å². The topological polar surface area (TPSA) is 296 Å². The highest BCUT2D eigenvalue weighted by Gasteiger charge is 2.27. The van der Waals surface area contributed by atoms with E-state index in [4.69, 9.17) is 33.8 Å². The van der Waals surface area contributed by atoms with Gasteiger partial charge in [-0.2, -0.15) is 0 Å². The van der Waals surface area contributed by atoms with Gasteiger partial charge in [0.25, 0.3) is 0 Å². The second kappa shape index (κ2) is 17.8. The van der Waals surface area contributed by atoms with Crippen molar-refractivity contribution < 1.29 is 25.0 Å². The van der Waals surface area contributed by atoms with E-state index in [1.165, 1.54) is 7.05 Å². The SMILES string of the molecule is CC(C)(C)C(N)C(=O)O.CC(C)(C)C(N)C(N)=O.CC(C)(C)[C@H](N)C(N)=O.CN.O.[NH4+]. The highest BCUT2D eigenvalue weighted by Crippen LogP contribution is 2.17. The maximum Gasteiger partial charge on any atom is 0.321 e. The summed E-state index contributed by atoms with van der Waals surface area (Å²) in [6.45, 7) is 16.7. The molecule has 0 aromatic carbocycles. The lowest BCUT2D eigenvalue weighted by Crippen LogP contribution is -2.46. The molecule has 0 aliphatic carbocycles. The predicted octanol–water partition coefficient (Wildman–Crippen LogP) is -0.739. The molecule has 31 heavy (non-hydrogen) atoms. The zero-order valence-corrected chi connectivity index (χ0v) is 21.4. The van der Waals surface area contributed by atoms with Gasteiger partial charge in [0.15, 0.2) is 0 Å². The Hall–Kier alpha value is -1.83. The Morgan fingerprint density at radius 1 is 0.613 bits per heavy atom. The fourth-order valence-electron chi connectivity index (χ4n) is 1.22. The fraction of sp³-hybridized carbons (Fsp3) is 0.842. The lowest BCUT2D eigenvalue weighted by molar-refractivity contribution is -0.141. The van der Waals surface area contributed by atoms with Gasteiger partial charge in [0.05, 0.1) is 12.1 Å². The van der Waals surface area contributed by atoms with Crippen LogP contribution in [0.5, 0.6) is 0 Å². The molecule has 0 radical (unpaired) electrons. The van der Waals surface area contributed by atoms with Crippen molar-refractivity contribution in [3.05, 3.63) is 0 Å². The van der Waals surface area contributed by atoms with Gasteiger partial charge in [-0.3, -0.25) is 14.4 Å². The largest absolute Gasteiger partial charge is 0.480 e. The van der Waals surface area contributed by atoms with Crippen molar-refractivity contribution in [2.24, 2.45) is 50.6 Å². The first-order chi connectivity index (χ1) is 12.6. The van der Waals surface area contributed by atoms with Crippen molar-refractivity contribution in [1.29, 1.82) is 0 Å². The third kappa shape index (κ3) is 24.3. The zero-order valence-electron chi connectivity index (χ0n) is 21.4. The Morgan fingerprint density at radius 2 is 0.774 bits per heavy atom. The molecule has 2 unspecified atom stereocenters. The van der Waals surface area contributed by atoms with E-state index in [0.717, 1.165) is 0 Å². The number of carboxylic acid groups (broad SMARTS) is 1. The van der Waals surface area contributed by atoms with Crippen molar-refractivity contribution in [2.75, 3.05) is 7.05 Å². The molecular formula is C19H52N7O5+. The van der Waals surface area contributed by atoms with Crippen LogP contribution in [-0.4, -0.2) is 53.5 Å². The van der Waals surface area contributed by atoms with Gasteiger partial charge in [-0.05, 0) is 23.3 Å². The van der Waals surface area contributed by atoms with Crippen LogP contribution >= 0.6 is 0 Å². The van der Waals surface area contributed by atoms with E-state index < -0.39 is 35.9 Å². The van der Waals surface area contributed by atoms with Crippen LogP contribution in [-0.2, 0) is 14.4 Å². The standard InChI is InChI=1S/2C6H14N2O.C6H13NO2.CH5N.H3N.H2O/c3*1-6(2,3)4(7)5(8)9;1-2;;/h2*4H,7H2,1-3H3,(H2,8,9);4H,7H2,1-3H3,(H,8,9);2H2,1H3;1H3;1H2/p+1/t4-;;;;;/m1...../s1. The summed E-state index contributed by atoms with van der Waals surface area (Å²) in [5, 5.41) is 8.39. The number of aliphatic carboxylic acids is 1. The number of rotatable bonds is 3. The summed E-state index contributed by atoms with van der Waals surface area (Å²) >= 11 is 0. The van der Waals surface area contributed by atoms with Gasteiger partial charge in [0.1, 0.15) is 6.04 Å². The maximum atomic E-state index is 10.4. The molecule has 192 valence electrons. The smallest absolute Gasteiger partial charge is 0.321 e. The fourth-order valence-corrected chi connectivity index (χ4v) is 1.22. The Bertz CT molecular complexity index is 424. The number of hydrogen-bond acceptors (Lipinski definition) is 7. The number of amides is 2. The summed E-state index contributed by atoms with van der Waals surface area (Å²) in [4.78, 5) is 31.1. The predicted molar refractivity (Wildman–Crippen MR) is 128 cm³/mol. The quantitative estimate of drug-likeness (QED) is 0.265. The molecule has 0 saturated heterocycles. The summed E-state index contributed by atoms with van der Waals surface area (Å²) in [6, 6.07) is -1.85. The Morgan fingerprint density at radius 3 is 0.774 bits per heavy atom. The Labute approximate surface area is 187 Å². The molecule has 0 saturated carbocycles. The maximum absolute atomic E-state index is 10.4. The van der Waals surface area contributed by atoms with Gasteiger partial charge in [-0.25, -0.2) is 0 Å². The summed E-state index contributed by atoms with van der Waals surface area (Å²) in [7, 11) is 1.50.